The predicted octanol–water partition coefficient (Wildman–Crippen LogP) is 5.48. The summed E-state index contributed by atoms with van der Waals surface area (Å²) in [5.41, 5.74) is -1.18. The largest absolute Gasteiger partial charge is 0.421 e. The average molecular weight is 368 g/mol. The topological polar surface area (TPSA) is 17.1 Å². The first-order valence-electron chi connectivity index (χ1n) is 6.31. The van der Waals surface area contributed by atoms with E-state index in [4.69, 9.17) is 23.2 Å². The minimum Gasteiger partial charge on any atom is -0.166 e. The van der Waals surface area contributed by atoms with Crippen molar-refractivity contribution in [2.45, 2.75) is 17.8 Å². The van der Waals surface area contributed by atoms with Crippen molar-refractivity contribution in [1.29, 1.82) is 0 Å². The molecule has 1 aromatic carbocycles. The van der Waals surface area contributed by atoms with Crippen LogP contribution in [0.15, 0.2) is 47.9 Å². The predicted molar refractivity (Wildman–Crippen MR) is 86.6 cm³/mol. The van der Waals surface area contributed by atoms with Crippen molar-refractivity contribution in [3.8, 4) is 0 Å². The molecule has 118 valence electrons. The quantitative estimate of drug-likeness (QED) is 0.510. The number of hydrogen-bond donors (Lipinski definition) is 0. The average Bonchev–Trinajstić information content (AvgIpc) is 2.43. The van der Waals surface area contributed by atoms with Crippen LogP contribution in [0, 0.1) is 0 Å². The van der Waals surface area contributed by atoms with Gasteiger partial charge in [-0.2, -0.15) is 13.2 Å². The van der Waals surface area contributed by atoms with Crippen LogP contribution in [0.2, 0.25) is 10.0 Å². The summed E-state index contributed by atoms with van der Waals surface area (Å²) in [7, 11) is -2.20. The molecule has 2 rings (SSSR count). The van der Waals surface area contributed by atoms with E-state index in [1.54, 1.807) is 24.3 Å². The van der Waals surface area contributed by atoms with Crippen LogP contribution in [0.25, 0.3) is 5.57 Å². The summed E-state index contributed by atoms with van der Waals surface area (Å²) in [6.45, 7) is 0. The fourth-order valence-electron chi connectivity index (χ4n) is 2.00. The first kappa shape index (κ1) is 17.3. The van der Waals surface area contributed by atoms with Crippen molar-refractivity contribution in [3.63, 3.8) is 0 Å². The van der Waals surface area contributed by atoms with E-state index in [9.17, 15) is 17.4 Å². The first-order chi connectivity index (χ1) is 10.3. The molecule has 1 aromatic rings. The Morgan fingerprint density at radius 1 is 1.18 bits per heavy atom. The minimum atomic E-state index is -4.65. The summed E-state index contributed by atoms with van der Waals surface area (Å²) < 4.78 is 52.1. The zero-order valence-corrected chi connectivity index (χ0v) is 13.6. The number of benzene rings is 1. The van der Waals surface area contributed by atoms with Crippen molar-refractivity contribution < 1.29 is 17.4 Å². The molecule has 0 amide bonds. The van der Waals surface area contributed by atoms with Gasteiger partial charge >= 0.3 is 6.18 Å². The van der Waals surface area contributed by atoms with Gasteiger partial charge in [0.1, 0.15) is 27.0 Å². The molecule has 1 nitrogen and oxygen atoms in total. The van der Waals surface area contributed by atoms with E-state index < -0.39 is 27.8 Å². The fourth-order valence-corrected chi connectivity index (χ4v) is 3.87. The Hall–Kier alpha value is -1.04. The fraction of sp³-hybridized carbons (Fsp3) is 0.200. The lowest BCUT2D eigenvalue weighted by molar-refractivity contribution is -0.0687. The second-order valence-electron chi connectivity index (χ2n) is 4.67. The highest BCUT2D eigenvalue weighted by atomic mass is 35.5. The maximum atomic E-state index is 13.3. The molecule has 0 heterocycles. The Balaban J connectivity index is 2.42. The van der Waals surface area contributed by atoms with Crippen LogP contribution in [0.4, 0.5) is 13.2 Å². The third-order valence-electron chi connectivity index (χ3n) is 3.02. The highest BCUT2D eigenvalue weighted by Crippen LogP contribution is 2.37. The van der Waals surface area contributed by atoms with Crippen molar-refractivity contribution in [2.75, 3.05) is 0 Å². The molecule has 22 heavy (non-hydrogen) atoms. The molecule has 2 unspecified atom stereocenters. The molecule has 1 aliphatic rings. The molecule has 2 atom stereocenters. The van der Waals surface area contributed by atoms with Gasteiger partial charge in [-0.1, -0.05) is 41.4 Å². The SMILES string of the molecule is O=[SH+](/C=C(\c1cc(Cl)cc(Cl)c1)C(F)(F)F)C1C=CC=CC1. The normalized spacial score (nSPS) is 20.2. The van der Waals surface area contributed by atoms with Crippen molar-refractivity contribution in [3.05, 3.63) is 63.5 Å². The summed E-state index contributed by atoms with van der Waals surface area (Å²) in [4.78, 5) is 0. The summed E-state index contributed by atoms with van der Waals surface area (Å²) in [5, 5.41) is 0.514. The van der Waals surface area contributed by atoms with Gasteiger partial charge in [0.15, 0.2) is 0 Å². The maximum Gasteiger partial charge on any atom is 0.421 e. The van der Waals surface area contributed by atoms with Crippen LogP contribution in [0.1, 0.15) is 12.0 Å². The number of thiol groups is 1. The van der Waals surface area contributed by atoms with E-state index in [1.165, 1.54) is 6.07 Å². The molecular weight excluding hydrogens is 356 g/mol. The van der Waals surface area contributed by atoms with Gasteiger partial charge in [0.25, 0.3) is 0 Å². The lowest BCUT2D eigenvalue weighted by Gasteiger charge is -2.12. The second kappa shape index (κ2) is 7.02. The van der Waals surface area contributed by atoms with E-state index >= 15 is 0 Å². The van der Waals surface area contributed by atoms with Crippen LogP contribution in [0.3, 0.4) is 0 Å². The van der Waals surface area contributed by atoms with Crippen molar-refractivity contribution in [1.82, 2.24) is 0 Å². The summed E-state index contributed by atoms with van der Waals surface area (Å²) >= 11 is 11.5. The zero-order valence-electron chi connectivity index (χ0n) is 11.1. The van der Waals surface area contributed by atoms with E-state index in [-0.39, 0.29) is 15.6 Å². The smallest absolute Gasteiger partial charge is 0.166 e. The lowest BCUT2D eigenvalue weighted by atomic mass is 10.1. The Kier molecular flexibility index (Phi) is 5.53. The van der Waals surface area contributed by atoms with E-state index in [2.05, 4.69) is 0 Å². The van der Waals surface area contributed by atoms with Gasteiger partial charge in [-0.25, -0.2) is 0 Å². The number of halogens is 5. The minimum absolute atomic E-state index is 0.0911. The molecular formula is C15H12Cl2F3OS+. The van der Waals surface area contributed by atoms with Gasteiger partial charge in [-0.3, -0.25) is 0 Å². The summed E-state index contributed by atoms with van der Waals surface area (Å²) in [6, 6.07) is 3.66. The van der Waals surface area contributed by atoms with Crippen LogP contribution in [-0.4, -0.2) is 11.4 Å². The highest BCUT2D eigenvalue weighted by Gasteiger charge is 2.38. The van der Waals surface area contributed by atoms with E-state index in [1.807, 2.05) is 0 Å². The maximum absolute atomic E-state index is 13.3. The van der Waals surface area contributed by atoms with Gasteiger partial charge in [-0.05, 0) is 29.8 Å². The molecule has 0 fully saturated rings. The van der Waals surface area contributed by atoms with Crippen LogP contribution in [0.5, 0.6) is 0 Å². The second-order valence-corrected chi connectivity index (χ2v) is 7.19. The molecule has 0 aliphatic heterocycles. The van der Waals surface area contributed by atoms with E-state index in [0.717, 1.165) is 17.5 Å². The van der Waals surface area contributed by atoms with Crippen LogP contribution in [-0.2, 0) is 15.0 Å². The molecule has 0 spiro atoms. The van der Waals surface area contributed by atoms with Gasteiger partial charge in [0, 0.05) is 16.5 Å². The zero-order chi connectivity index (χ0) is 16.3. The van der Waals surface area contributed by atoms with Gasteiger partial charge < -0.3 is 0 Å². The molecule has 0 aromatic heterocycles. The molecule has 0 saturated carbocycles. The van der Waals surface area contributed by atoms with Gasteiger partial charge in [0.05, 0.1) is 0 Å². The third-order valence-corrected chi connectivity index (χ3v) is 5.01. The molecule has 7 heteroatoms. The number of alkyl halides is 3. The molecule has 0 saturated heterocycles. The standard InChI is InChI=1S/C15H11Cl2F3OS/c16-11-6-10(7-12(17)8-11)14(15(18,19)20)9-22(21)13-4-2-1-3-5-13/h1-4,6-9,13H,5H2/p+1/b14-9+. The van der Waals surface area contributed by atoms with Crippen molar-refractivity contribution >= 4 is 39.6 Å². The summed E-state index contributed by atoms with van der Waals surface area (Å²) in [6.07, 6.45) is 2.67. The number of rotatable bonds is 3. The van der Waals surface area contributed by atoms with Gasteiger partial charge in [-0.15, -0.1) is 4.21 Å². The van der Waals surface area contributed by atoms with Crippen molar-refractivity contribution in [2.24, 2.45) is 0 Å². The number of allylic oxidation sites excluding steroid dienone is 4. The van der Waals surface area contributed by atoms with Crippen LogP contribution < -0.4 is 0 Å². The lowest BCUT2D eigenvalue weighted by Crippen LogP contribution is -2.15. The van der Waals surface area contributed by atoms with Gasteiger partial charge in [0.2, 0.25) is 0 Å². The molecule has 0 bridgehead atoms. The van der Waals surface area contributed by atoms with E-state index in [0.29, 0.717) is 6.42 Å². The Bertz CT molecular complexity index is 658. The highest BCUT2D eigenvalue weighted by molar-refractivity contribution is 7.88. The molecule has 0 radical (unpaired) electrons. The first-order valence-corrected chi connectivity index (χ1v) is 8.47. The Labute approximate surface area is 138 Å². The Morgan fingerprint density at radius 3 is 2.32 bits per heavy atom. The van der Waals surface area contributed by atoms with Crippen LogP contribution >= 0.6 is 23.2 Å². The monoisotopic (exact) mass is 367 g/mol. The summed E-state index contributed by atoms with van der Waals surface area (Å²) in [5.74, 6) is 0. The molecule has 0 N–H and O–H groups in total. The third kappa shape index (κ3) is 4.48. The Morgan fingerprint density at radius 2 is 1.82 bits per heavy atom. The molecule has 1 aliphatic carbocycles. The number of hydrogen-bond acceptors (Lipinski definition) is 1.